The molecule has 2 N–H and O–H groups in total. The Hall–Kier alpha value is -3.00. The van der Waals surface area contributed by atoms with Crippen molar-refractivity contribution in [2.75, 3.05) is 0 Å². The molecule has 0 aliphatic heterocycles. The number of carboxylic acid groups (broad SMARTS) is 1. The number of aromatic nitrogens is 2. The number of benzene rings is 1. The highest BCUT2D eigenvalue weighted by Crippen LogP contribution is 2.32. The Kier molecular flexibility index (Phi) is 3.67. The second-order valence-electron chi connectivity index (χ2n) is 4.90. The molecule has 0 aliphatic carbocycles. The van der Waals surface area contributed by atoms with E-state index in [9.17, 15) is 14.9 Å². The largest absolute Gasteiger partial charge is 0.477 e. The van der Waals surface area contributed by atoms with Crippen LogP contribution in [0.5, 0.6) is 0 Å². The van der Waals surface area contributed by atoms with E-state index in [1.54, 1.807) is 30.6 Å². The Morgan fingerprint density at radius 3 is 2.78 bits per heavy atom. The summed E-state index contributed by atoms with van der Waals surface area (Å²) in [5, 5.41) is 22.4. The lowest BCUT2D eigenvalue weighted by atomic mass is 10.1. The van der Waals surface area contributed by atoms with E-state index in [0.29, 0.717) is 27.4 Å². The number of nitrogens with zero attached hydrogens (tertiary/aromatic N) is 2. The molecule has 2 aromatic heterocycles. The Morgan fingerprint density at radius 1 is 1.35 bits per heavy atom. The molecule has 1 aromatic carbocycles. The van der Waals surface area contributed by atoms with Crippen molar-refractivity contribution in [3.63, 3.8) is 0 Å². The summed E-state index contributed by atoms with van der Waals surface area (Å²) in [6.45, 7) is 1.68. The maximum Gasteiger partial charge on any atom is 0.352 e. The lowest BCUT2D eigenvalue weighted by molar-refractivity contribution is -0.385. The van der Waals surface area contributed by atoms with Crippen molar-refractivity contribution in [1.29, 1.82) is 0 Å². The first-order chi connectivity index (χ1) is 11.0. The van der Waals surface area contributed by atoms with Gasteiger partial charge in [0, 0.05) is 34.3 Å². The highest BCUT2D eigenvalue weighted by Gasteiger charge is 2.15. The summed E-state index contributed by atoms with van der Waals surface area (Å²) in [5.74, 6) is -1.04. The monoisotopic (exact) mass is 329 g/mol. The number of nitrogens with one attached hydrogen (secondary N) is 1. The number of aromatic amines is 1. The van der Waals surface area contributed by atoms with Gasteiger partial charge in [0.25, 0.3) is 5.69 Å². The summed E-state index contributed by atoms with van der Waals surface area (Å²) in [5.41, 5.74) is 2.66. The minimum atomic E-state index is -1.04. The first kappa shape index (κ1) is 14.9. The first-order valence-electron chi connectivity index (χ1n) is 6.58. The van der Waals surface area contributed by atoms with Crippen LogP contribution < -0.4 is 0 Å². The van der Waals surface area contributed by atoms with Gasteiger partial charge in [-0.05, 0) is 13.0 Å². The number of H-pyrrole nitrogens is 1. The van der Waals surface area contributed by atoms with E-state index in [4.69, 9.17) is 5.11 Å². The molecule has 3 rings (SSSR count). The first-order valence-corrected chi connectivity index (χ1v) is 7.46. The molecule has 116 valence electrons. The molecule has 7 nitrogen and oxygen atoms in total. The molecule has 0 atom stereocenters. The molecule has 0 aliphatic rings. The number of aryl methyl sites for hydroxylation is 1. The SMILES string of the molecule is Cc1ccc(-c2nc(-c3c[nH]c(C(=O)O)c3)cs2)cc1[N+](=O)[O-]. The highest BCUT2D eigenvalue weighted by molar-refractivity contribution is 7.13. The van der Waals surface area contributed by atoms with Crippen LogP contribution in [0.1, 0.15) is 16.1 Å². The number of nitro benzene ring substituents is 1. The van der Waals surface area contributed by atoms with Crippen molar-refractivity contribution in [2.45, 2.75) is 6.92 Å². The molecule has 23 heavy (non-hydrogen) atoms. The molecule has 0 bridgehead atoms. The van der Waals surface area contributed by atoms with Gasteiger partial charge in [-0.25, -0.2) is 9.78 Å². The molecule has 0 unspecified atom stereocenters. The molecule has 0 fully saturated rings. The van der Waals surface area contributed by atoms with Crippen LogP contribution in [0.25, 0.3) is 21.8 Å². The topological polar surface area (TPSA) is 109 Å². The van der Waals surface area contributed by atoms with Gasteiger partial charge in [0.15, 0.2) is 0 Å². The third kappa shape index (κ3) is 2.84. The quantitative estimate of drug-likeness (QED) is 0.560. The smallest absolute Gasteiger partial charge is 0.352 e. The predicted octanol–water partition coefficient (Wildman–Crippen LogP) is 3.72. The number of hydrogen-bond donors (Lipinski definition) is 2. The number of carboxylic acids is 1. The number of aromatic carboxylic acids is 1. The van der Waals surface area contributed by atoms with E-state index in [1.807, 2.05) is 0 Å². The van der Waals surface area contributed by atoms with Crippen LogP contribution in [0.4, 0.5) is 5.69 Å². The molecule has 0 radical (unpaired) electrons. The van der Waals surface area contributed by atoms with Crippen LogP contribution in [0.2, 0.25) is 0 Å². The van der Waals surface area contributed by atoms with Gasteiger partial charge in [-0.2, -0.15) is 0 Å². The number of carbonyl (C=O) groups is 1. The Bertz CT molecular complexity index is 913. The van der Waals surface area contributed by atoms with E-state index in [0.717, 1.165) is 0 Å². The Morgan fingerprint density at radius 2 is 2.13 bits per heavy atom. The van der Waals surface area contributed by atoms with Crippen molar-refractivity contribution in [2.24, 2.45) is 0 Å². The zero-order chi connectivity index (χ0) is 16.6. The van der Waals surface area contributed by atoms with Crippen LogP contribution in [0.3, 0.4) is 0 Å². The van der Waals surface area contributed by atoms with Gasteiger partial charge in [-0.1, -0.05) is 12.1 Å². The second kappa shape index (κ2) is 5.65. The fraction of sp³-hybridized carbons (Fsp3) is 0.0667. The van der Waals surface area contributed by atoms with E-state index >= 15 is 0 Å². The van der Waals surface area contributed by atoms with E-state index < -0.39 is 10.9 Å². The predicted molar refractivity (Wildman–Crippen MR) is 85.7 cm³/mol. The summed E-state index contributed by atoms with van der Waals surface area (Å²) < 4.78 is 0. The van der Waals surface area contributed by atoms with Crippen LogP contribution in [0.15, 0.2) is 35.8 Å². The number of hydrogen-bond acceptors (Lipinski definition) is 5. The molecule has 0 amide bonds. The maximum absolute atomic E-state index is 11.0. The fourth-order valence-corrected chi connectivity index (χ4v) is 2.97. The molecule has 3 aromatic rings. The minimum Gasteiger partial charge on any atom is -0.477 e. The van der Waals surface area contributed by atoms with Gasteiger partial charge in [0.1, 0.15) is 10.7 Å². The van der Waals surface area contributed by atoms with Gasteiger partial charge in [-0.15, -0.1) is 11.3 Å². The molecule has 0 saturated heterocycles. The van der Waals surface area contributed by atoms with Crippen molar-refractivity contribution in [1.82, 2.24) is 9.97 Å². The summed E-state index contributed by atoms with van der Waals surface area (Å²) in [7, 11) is 0. The van der Waals surface area contributed by atoms with E-state index in [1.165, 1.54) is 23.5 Å². The summed E-state index contributed by atoms with van der Waals surface area (Å²) in [6.07, 6.45) is 1.57. The van der Waals surface area contributed by atoms with Crippen LogP contribution in [0, 0.1) is 17.0 Å². The van der Waals surface area contributed by atoms with E-state index in [-0.39, 0.29) is 11.4 Å². The molecule has 2 heterocycles. The Balaban J connectivity index is 1.97. The summed E-state index contributed by atoms with van der Waals surface area (Å²) >= 11 is 1.35. The molecule has 8 heteroatoms. The van der Waals surface area contributed by atoms with Gasteiger partial charge >= 0.3 is 5.97 Å². The van der Waals surface area contributed by atoms with Crippen LogP contribution in [-0.2, 0) is 0 Å². The van der Waals surface area contributed by atoms with E-state index in [2.05, 4.69) is 9.97 Å². The maximum atomic E-state index is 11.0. The molecule has 0 saturated carbocycles. The fourth-order valence-electron chi connectivity index (χ4n) is 2.14. The number of thiazole rings is 1. The third-order valence-electron chi connectivity index (χ3n) is 3.37. The average molecular weight is 329 g/mol. The molecular weight excluding hydrogens is 318 g/mol. The number of rotatable bonds is 4. The van der Waals surface area contributed by atoms with Crippen molar-refractivity contribution in [3.05, 3.63) is 57.2 Å². The zero-order valence-electron chi connectivity index (χ0n) is 11.9. The lowest BCUT2D eigenvalue weighted by Crippen LogP contribution is -1.94. The minimum absolute atomic E-state index is 0.0501. The van der Waals surface area contributed by atoms with Crippen molar-refractivity contribution < 1.29 is 14.8 Å². The van der Waals surface area contributed by atoms with Crippen molar-refractivity contribution >= 4 is 23.0 Å². The highest BCUT2D eigenvalue weighted by atomic mass is 32.1. The standard InChI is InChI=1S/C15H11N3O4S/c1-8-2-3-9(5-13(8)18(21)22)14-17-12(7-23-14)10-4-11(15(19)20)16-6-10/h2-7,16H,1H3,(H,19,20). The normalized spacial score (nSPS) is 10.7. The van der Waals surface area contributed by atoms with Crippen LogP contribution in [-0.4, -0.2) is 26.0 Å². The van der Waals surface area contributed by atoms with Gasteiger partial charge in [0.05, 0.1) is 10.6 Å². The zero-order valence-corrected chi connectivity index (χ0v) is 12.8. The van der Waals surface area contributed by atoms with Crippen molar-refractivity contribution in [3.8, 4) is 21.8 Å². The van der Waals surface area contributed by atoms with Crippen LogP contribution >= 0.6 is 11.3 Å². The molecule has 0 spiro atoms. The van der Waals surface area contributed by atoms with Gasteiger partial charge < -0.3 is 10.1 Å². The number of nitro groups is 1. The average Bonchev–Trinajstić information content (AvgIpc) is 3.16. The summed E-state index contributed by atoms with van der Waals surface area (Å²) in [6, 6.07) is 6.47. The second-order valence-corrected chi connectivity index (χ2v) is 5.76. The molecular formula is C15H11N3O4S. The third-order valence-corrected chi connectivity index (χ3v) is 4.26. The summed E-state index contributed by atoms with van der Waals surface area (Å²) in [4.78, 5) is 28.6. The van der Waals surface area contributed by atoms with Gasteiger partial charge in [-0.3, -0.25) is 10.1 Å². The Labute approximate surface area is 134 Å². The van der Waals surface area contributed by atoms with Gasteiger partial charge in [0.2, 0.25) is 0 Å². The lowest BCUT2D eigenvalue weighted by Gasteiger charge is -2.00.